The van der Waals surface area contributed by atoms with Crippen LogP contribution in [0.15, 0.2) is 54.6 Å². The highest BCUT2D eigenvalue weighted by molar-refractivity contribution is 5.66. The molecule has 2 nitrogen and oxygen atoms in total. The van der Waals surface area contributed by atoms with Crippen LogP contribution in [0.2, 0.25) is 0 Å². The fourth-order valence-electron chi connectivity index (χ4n) is 2.25. The van der Waals surface area contributed by atoms with Crippen molar-refractivity contribution in [3.63, 3.8) is 0 Å². The highest BCUT2D eigenvalue weighted by Gasteiger charge is 2.12. The first-order chi connectivity index (χ1) is 9.09. The molecule has 2 rings (SSSR count). The van der Waals surface area contributed by atoms with Gasteiger partial charge in [-0.3, -0.25) is 0 Å². The molecule has 0 heterocycles. The molecule has 0 radical (unpaired) electrons. The van der Waals surface area contributed by atoms with E-state index in [4.69, 9.17) is 0 Å². The Bertz CT molecular complexity index is 501. The predicted molar refractivity (Wildman–Crippen MR) is 84.5 cm³/mol. The minimum atomic E-state index is 0.424. The van der Waals surface area contributed by atoms with Crippen LogP contribution in [-0.4, -0.2) is 20.1 Å². The van der Waals surface area contributed by atoms with Crippen LogP contribution in [0.5, 0.6) is 0 Å². The van der Waals surface area contributed by atoms with E-state index in [0.717, 1.165) is 0 Å². The molecule has 0 aliphatic carbocycles. The van der Waals surface area contributed by atoms with Crippen molar-refractivity contribution in [3.8, 4) is 0 Å². The van der Waals surface area contributed by atoms with Crippen molar-refractivity contribution in [2.24, 2.45) is 0 Å². The van der Waals surface area contributed by atoms with Gasteiger partial charge in [-0.15, -0.1) is 0 Å². The van der Waals surface area contributed by atoms with E-state index in [0.29, 0.717) is 6.04 Å². The monoisotopic (exact) mass is 254 g/mol. The molecule has 0 spiro atoms. The Balaban J connectivity index is 2.35. The number of anilines is 3. The molecular weight excluding hydrogens is 232 g/mol. The van der Waals surface area contributed by atoms with Crippen molar-refractivity contribution in [3.05, 3.63) is 54.6 Å². The normalized spacial score (nSPS) is 10.6. The van der Waals surface area contributed by atoms with E-state index in [-0.39, 0.29) is 0 Å². The molecule has 2 aromatic carbocycles. The Hall–Kier alpha value is -1.96. The summed E-state index contributed by atoms with van der Waals surface area (Å²) in [7, 11) is 4.12. The van der Waals surface area contributed by atoms with Crippen molar-refractivity contribution in [2.45, 2.75) is 19.9 Å². The first-order valence-electron chi connectivity index (χ1n) is 6.71. The van der Waals surface area contributed by atoms with Crippen LogP contribution in [0.1, 0.15) is 13.8 Å². The number of hydrogen-bond acceptors (Lipinski definition) is 2. The third-order valence-corrected chi connectivity index (χ3v) is 3.20. The molecule has 0 atom stereocenters. The Kier molecular flexibility index (Phi) is 4.10. The maximum Gasteiger partial charge on any atom is 0.0414 e. The van der Waals surface area contributed by atoms with Gasteiger partial charge < -0.3 is 9.80 Å². The minimum Gasteiger partial charge on any atom is -0.378 e. The van der Waals surface area contributed by atoms with Gasteiger partial charge in [0.1, 0.15) is 0 Å². The van der Waals surface area contributed by atoms with Crippen LogP contribution in [-0.2, 0) is 0 Å². The van der Waals surface area contributed by atoms with Gasteiger partial charge >= 0.3 is 0 Å². The van der Waals surface area contributed by atoms with Gasteiger partial charge in [0.05, 0.1) is 0 Å². The fourth-order valence-corrected chi connectivity index (χ4v) is 2.25. The molecule has 19 heavy (non-hydrogen) atoms. The molecule has 0 bridgehead atoms. The van der Waals surface area contributed by atoms with Crippen LogP contribution < -0.4 is 9.80 Å². The average Bonchev–Trinajstić information content (AvgIpc) is 2.40. The molecule has 0 saturated carbocycles. The summed E-state index contributed by atoms with van der Waals surface area (Å²) in [6.07, 6.45) is 0. The smallest absolute Gasteiger partial charge is 0.0414 e. The van der Waals surface area contributed by atoms with Crippen LogP contribution in [0.3, 0.4) is 0 Å². The van der Waals surface area contributed by atoms with Crippen molar-refractivity contribution in [1.29, 1.82) is 0 Å². The highest BCUT2D eigenvalue weighted by atomic mass is 15.2. The summed E-state index contributed by atoms with van der Waals surface area (Å²) in [5.74, 6) is 0. The maximum atomic E-state index is 2.35. The lowest BCUT2D eigenvalue weighted by atomic mass is 10.2. The zero-order valence-corrected chi connectivity index (χ0v) is 12.2. The van der Waals surface area contributed by atoms with Gasteiger partial charge in [0.25, 0.3) is 0 Å². The molecule has 2 aromatic rings. The van der Waals surface area contributed by atoms with Crippen LogP contribution in [0.25, 0.3) is 0 Å². The molecule has 0 unspecified atom stereocenters. The van der Waals surface area contributed by atoms with E-state index in [1.54, 1.807) is 0 Å². The van der Waals surface area contributed by atoms with Crippen LogP contribution >= 0.6 is 0 Å². The molecule has 100 valence electrons. The first kappa shape index (κ1) is 13.5. The van der Waals surface area contributed by atoms with Crippen LogP contribution in [0, 0.1) is 0 Å². The fraction of sp³-hybridized carbons (Fsp3) is 0.294. The van der Waals surface area contributed by atoms with Crippen molar-refractivity contribution in [2.75, 3.05) is 23.9 Å². The van der Waals surface area contributed by atoms with Crippen molar-refractivity contribution in [1.82, 2.24) is 0 Å². The summed E-state index contributed by atoms with van der Waals surface area (Å²) in [5, 5.41) is 0. The van der Waals surface area contributed by atoms with Gasteiger partial charge in [0.2, 0.25) is 0 Å². The summed E-state index contributed by atoms with van der Waals surface area (Å²) < 4.78 is 0. The minimum absolute atomic E-state index is 0.424. The molecular formula is C17H22N2. The van der Waals surface area contributed by atoms with E-state index in [1.807, 2.05) is 0 Å². The van der Waals surface area contributed by atoms with E-state index in [9.17, 15) is 0 Å². The van der Waals surface area contributed by atoms with Gasteiger partial charge in [-0.2, -0.15) is 0 Å². The molecule has 0 saturated heterocycles. The molecule has 0 aliphatic heterocycles. The third-order valence-electron chi connectivity index (χ3n) is 3.20. The van der Waals surface area contributed by atoms with E-state index in [1.165, 1.54) is 17.1 Å². The summed E-state index contributed by atoms with van der Waals surface area (Å²) in [6, 6.07) is 19.6. The number of hydrogen-bond donors (Lipinski definition) is 0. The maximum absolute atomic E-state index is 2.35. The van der Waals surface area contributed by atoms with Gasteiger partial charge in [0.15, 0.2) is 0 Å². The Morgan fingerprint density at radius 1 is 0.684 bits per heavy atom. The molecule has 0 aromatic heterocycles. The zero-order chi connectivity index (χ0) is 13.8. The molecule has 0 amide bonds. The number of rotatable bonds is 4. The second kappa shape index (κ2) is 5.79. The standard InChI is InChI=1S/C17H22N2/c1-14(2)19(16-8-6-5-7-9-16)17-12-10-15(11-13-17)18(3)4/h5-14H,1-4H3. The molecule has 0 aliphatic rings. The second-order valence-electron chi connectivity index (χ2n) is 5.21. The van der Waals surface area contributed by atoms with Crippen LogP contribution in [0.4, 0.5) is 17.1 Å². The second-order valence-corrected chi connectivity index (χ2v) is 5.21. The average molecular weight is 254 g/mol. The number of benzene rings is 2. The van der Waals surface area contributed by atoms with Gasteiger partial charge in [-0.05, 0) is 50.2 Å². The number of nitrogens with zero attached hydrogens (tertiary/aromatic N) is 2. The van der Waals surface area contributed by atoms with Gasteiger partial charge in [0, 0.05) is 37.2 Å². The third kappa shape index (κ3) is 3.08. The lowest BCUT2D eigenvalue weighted by Gasteiger charge is -2.29. The lowest BCUT2D eigenvalue weighted by Crippen LogP contribution is -2.25. The summed E-state index contributed by atoms with van der Waals surface area (Å²) >= 11 is 0. The molecule has 0 N–H and O–H groups in total. The Labute approximate surface area is 116 Å². The first-order valence-corrected chi connectivity index (χ1v) is 6.71. The van der Waals surface area contributed by atoms with E-state index < -0.39 is 0 Å². The molecule has 0 fully saturated rings. The highest BCUT2D eigenvalue weighted by Crippen LogP contribution is 2.29. The predicted octanol–water partition coefficient (Wildman–Crippen LogP) is 4.30. The summed E-state index contributed by atoms with van der Waals surface area (Å²) in [5.41, 5.74) is 3.68. The molecule has 2 heteroatoms. The topological polar surface area (TPSA) is 6.48 Å². The Morgan fingerprint density at radius 3 is 1.63 bits per heavy atom. The number of para-hydroxylation sites is 1. The van der Waals surface area contributed by atoms with Gasteiger partial charge in [-0.25, -0.2) is 0 Å². The SMILES string of the molecule is CC(C)N(c1ccccc1)c1ccc(N(C)C)cc1. The summed E-state index contributed by atoms with van der Waals surface area (Å²) in [4.78, 5) is 4.46. The van der Waals surface area contributed by atoms with E-state index >= 15 is 0 Å². The largest absolute Gasteiger partial charge is 0.378 e. The zero-order valence-electron chi connectivity index (χ0n) is 12.2. The Morgan fingerprint density at radius 2 is 1.16 bits per heavy atom. The van der Waals surface area contributed by atoms with Gasteiger partial charge in [-0.1, -0.05) is 18.2 Å². The van der Waals surface area contributed by atoms with Crippen molar-refractivity contribution < 1.29 is 0 Å². The van der Waals surface area contributed by atoms with Crippen molar-refractivity contribution >= 4 is 17.1 Å². The lowest BCUT2D eigenvalue weighted by molar-refractivity contribution is 0.789. The quantitative estimate of drug-likeness (QED) is 0.802. The van der Waals surface area contributed by atoms with E-state index in [2.05, 4.69) is 92.3 Å². The summed E-state index contributed by atoms with van der Waals surface area (Å²) in [6.45, 7) is 4.43.